The standard InChI is InChI=1S/C29H31N7O2/c30-28-26-27(20-10-14-24(15-11-20)38-23-7-2-1-3-8-23)34-36(29(26)33-19-32-28)22-6-5-17-35(18-22)25(37)9-4-16-31-21-12-13-21/h1-4,7-11,14-15,19,21-22,31H,5-6,12-13,16-18H2,(H2,30,32,33)/b9-4+. The number of fused-ring (bicyclic) bond motifs is 1. The fourth-order valence-electron chi connectivity index (χ4n) is 4.90. The Morgan fingerprint density at radius 2 is 1.84 bits per heavy atom. The van der Waals surface area contributed by atoms with Gasteiger partial charge in [0.15, 0.2) is 5.65 Å². The van der Waals surface area contributed by atoms with Crippen molar-refractivity contribution in [2.75, 3.05) is 25.4 Å². The first-order valence-electron chi connectivity index (χ1n) is 13.2. The first kappa shape index (κ1) is 24.1. The van der Waals surface area contributed by atoms with E-state index in [2.05, 4.69) is 15.3 Å². The highest BCUT2D eigenvalue weighted by molar-refractivity contribution is 5.98. The van der Waals surface area contributed by atoms with Crippen molar-refractivity contribution in [1.29, 1.82) is 0 Å². The fraction of sp³-hybridized carbons (Fsp3) is 0.310. The molecule has 1 aliphatic carbocycles. The Labute approximate surface area is 221 Å². The lowest BCUT2D eigenvalue weighted by Crippen LogP contribution is -2.40. The summed E-state index contributed by atoms with van der Waals surface area (Å²) < 4.78 is 7.87. The third-order valence-electron chi connectivity index (χ3n) is 7.04. The molecule has 1 aliphatic heterocycles. The van der Waals surface area contributed by atoms with Gasteiger partial charge < -0.3 is 20.7 Å². The Morgan fingerprint density at radius 3 is 2.63 bits per heavy atom. The van der Waals surface area contributed by atoms with Crippen LogP contribution in [0.15, 0.2) is 73.1 Å². The van der Waals surface area contributed by atoms with E-state index in [0.717, 1.165) is 54.1 Å². The molecule has 4 aromatic rings. The van der Waals surface area contributed by atoms with Crippen LogP contribution >= 0.6 is 0 Å². The molecule has 1 atom stereocenters. The van der Waals surface area contributed by atoms with Gasteiger partial charge in [0.1, 0.15) is 29.3 Å². The van der Waals surface area contributed by atoms with Crippen LogP contribution < -0.4 is 15.8 Å². The Kier molecular flexibility index (Phi) is 6.75. The van der Waals surface area contributed by atoms with Gasteiger partial charge in [-0.3, -0.25) is 4.79 Å². The molecule has 1 saturated heterocycles. The topological polar surface area (TPSA) is 111 Å². The highest BCUT2D eigenvalue weighted by Crippen LogP contribution is 2.35. The summed E-state index contributed by atoms with van der Waals surface area (Å²) >= 11 is 0. The van der Waals surface area contributed by atoms with Gasteiger partial charge >= 0.3 is 0 Å². The highest BCUT2D eigenvalue weighted by atomic mass is 16.5. The van der Waals surface area contributed by atoms with Gasteiger partial charge in [-0.25, -0.2) is 14.6 Å². The number of aromatic nitrogens is 4. The SMILES string of the molecule is Nc1ncnc2c1c(-c1ccc(Oc3ccccc3)cc1)nn2C1CCCN(C(=O)/C=C/CNC2CC2)C1. The third-order valence-corrected chi connectivity index (χ3v) is 7.04. The quantitative estimate of drug-likeness (QED) is 0.340. The molecule has 1 amide bonds. The summed E-state index contributed by atoms with van der Waals surface area (Å²) in [6.45, 7) is 2.04. The van der Waals surface area contributed by atoms with Crippen molar-refractivity contribution in [3.8, 4) is 22.8 Å². The number of nitrogens with zero attached hydrogens (tertiary/aromatic N) is 5. The predicted octanol–water partition coefficient (Wildman–Crippen LogP) is 4.34. The lowest BCUT2D eigenvalue weighted by Gasteiger charge is -2.32. The van der Waals surface area contributed by atoms with Crippen LogP contribution in [0.1, 0.15) is 31.7 Å². The van der Waals surface area contributed by atoms with Crippen LogP contribution in [0.5, 0.6) is 11.5 Å². The molecule has 0 bridgehead atoms. The number of anilines is 1. The summed E-state index contributed by atoms with van der Waals surface area (Å²) in [4.78, 5) is 23.5. The number of nitrogen functional groups attached to an aromatic ring is 1. The lowest BCUT2D eigenvalue weighted by atomic mass is 10.1. The maximum absolute atomic E-state index is 12.9. The molecule has 0 radical (unpaired) electrons. The van der Waals surface area contributed by atoms with Crippen LogP contribution in [0.3, 0.4) is 0 Å². The maximum Gasteiger partial charge on any atom is 0.246 e. The largest absolute Gasteiger partial charge is 0.457 e. The van der Waals surface area contributed by atoms with Gasteiger partial charge in [-0.15, -0.1) is 0 Å². The average molecular weight is 510 g/mol. The molecule has 2 aromatic heterocycles. The van der Waals surface area contributed by atoms with Crippen LogP contribution in [0.4, 0.5) is 5.82 Å². The number of nitrogens with one attached hydrogen (secondary N) is 1. The number of carbonyl (C=O) groups excluding carboxylic acids is 1. The molecule has 3 N–H and O–H groups in total. The number of para-hydroxylation sites is 1. The van der Waals surface area contributed by atoms with Crippen LogP contribution in [0, 0.1) is 0 Å². The summed E-state index contributed by atoms with van der Waals surface area (Å²) in [6.07, 6.45) is 9.34. The van der Waals surface area contributed by atoms with Crippen LogP contribution in [-0.2, 0) is 4.79 Å². The number of benzene rings is 2. The van der Waals surface area contributed by atoms with Crippen molar-refractivity contribution in [2.24, 2.45) is 0 Å². The van der Waals surface area contributed by atoms with Crippen molar-refractivity contribution < 1.29 is 9.53 Å². The highest BCUT2D eigenvalue weighted by Gasteiger charge is 2.28. The number of carbonyl (C=O) groups is 1. The molecule has 3 heterocycles. The van der Waals surface area contributed by atoms with Crippen molar-refractivity contribution >= 4 is 22.8 Å². The van der Waals surface area contributed by atoms with E-state index in [1.807, 2.05) is 70.3 Å². The molecule has 1 saturated carbocycles. The van der Waals surface area contributed by atoms with E-state index < -0.39 is 0 Å². The minimum atomic E-state index is -0.00285. The maximum atomic E-state index is 12.9. The smallest absolute Gasteiger partial charge is 0.246 e. The first-order chi connectivity index (χ1) is 18.7. The number of hydrogen-bond donors (Lipinski definition) is 2. The summed E-state index contributed by atoms with van der Waals surface area (Å²) in [5.74, 6) is 1.93. The third kappa shape index (κ3) is 5.24. The van der Waals surface area contributed by atoms with Crippen LogP contribution in [0.25, 0.3) is 22.3 Å². The molecule has 2 aliphatic rings. The van der Waals surface area contributed by atoms with Gasteiger partial charge in [-0.05, 0) is 62.1 Å². The van der Waals surface area contributed by atoms with E-state index >= 15 is 0 Å². The van der Waals surface area contributed by atoms with E-state index in [9.17, 15) is 4.79 Å². The van der Waals surface area contributed by atoms with Crippen LogP contribution in [0.2, 0.25) is 0 Å². The number of hydrogen-bond acceptors (Lipinski definition) is 7. The molecule has 0 spiro atoms. The number of amides is 1. The van der Waals surface area contributed by atoms with Gasteiger partial charge in [0, 0.05) is 37.3 Å². The molecule has 38 heavy (non-hydrogen) atoms. The Hall–Kier alpha value is -4.24. The molecule has 6 rings (SSSR count). The van der Waals surface area contributed by atoms with E-state index in [-0.39, 0.29) is 11.9 Å². The Bertz CT molecular complexity index is 1450. The average Bonchev–Trinajstić information content (AvgIpc) is 3.70. The fourth-order valence-corrected chi connectivity index (χ4v) is 4.90. The van der Waals surface area contributed by atoms with E-state index in [1.165, 1.54) is 19.2 Å². The van der Waals surface area contributed by atoms with Gasteiger partial charge in [-0.2, -0.15) is 5.10 Å². The van der Waals surface area contributed by atoms with Crippen molar-refractivity contribution in [3.05, 3.63) is 73.1 Å². The number of likely N-dealkylation sites (tertiary alicyclic amines) is 1. The summed E-state index contributed by atoms with van der Waals surface area (Å²) in [5, 5.41) is 9.10. The Morgan fingerprint density at radius 1 is 1.05 bits per heavy atom. The molecule has 194 valence electrons. The second-order valence-electron chi connectivity index (χ2n) is 9.86. The first-order valence-corrected chi connectivity index (χ1v) is 13.2. The van der Waals surface area contributed by atoms with Gasteiger partial charge in [0.25, 0.3) is 0 Å². The zero-order chi connectivity index (χ0) is 25.9. The molecule has 9 nitrogen and oxygen atoms in total. The van der Waals surface area contributed by atoms with Gasteiger partial charge in [0.05, 0.1) is 11.4 Å². The van der Waals surface area contributed by atoms with Gasteiger partial charge in [0.2, 0.25) is 5.91 Å². The number of piperidine rings is 1. The van der Waals surface area contributed by atoms with Crippen molar-refractivity contribution in [3.63, 3.8) is 0 Å². The normalized spacial score (nSPS) is 17.8. The monoisotopic (exact) mass is 509 g/mol. The second-order valence-corrected chi connectivity index (χ2v) is 9.86. The van der Waals surface area contributed by atoms with E-state index in [1.54, 1.807) is 6.08 Å². The molecule has 1 unspecified atom stereocenters. The number of ether oxygens (including phenoxy) is 1. The van der Waals surface area contributed by atoms with Crippen molar-refractivity contribution in [1.82, 2.24) is 30.0 Å². The molecular weight excluding hydrogens is 478 g/mol. The van der Waals surface area contributed by atoms with E-state index in [0.29, 0.717) is 24.1 Å². The lowest BCUT2D eigenvalue weighted by molar-refractivity contribution is -0.127. The minimum Gasteiger partial charge on any atom is -0.457 e. The molecule has 9 heteroatoms. The second kappa shape index (κ2) is 10.6. The predicted molar refractivity (Wildman–Crippen MR) is 147 cm³/mol. The Balaban J connectivity index is 1.24. The van der Waals surface area contributed by atoms with Crippen LogP contribution in [-0.4, -0.2) is 56.2 Å². The summed E-state index contributed by atoms with van der Waals surface area (Å²) in [6, 6.07) is 18.0. The number of rotatable bonds is 8. The van der Waals surface area contributed by atoms with Crippen molar-refractivity contribution in [2.45, 2.75) is 37.8 Å². The molecular formula is C29H31N7O2. The summed E-state index contributed by atoms with van der Waals surface area (Å²) in [5.41, 5.74) is 8.63. The molecule has 2 aromatic carbocycles. The number of nitrogens with two attached hydrogens (primary N) is 1. The summed E-state index contributed by atoms with van der Waals surface area (Å²) in [7, 11) is 0. The zero-order valence-corrected chi connectivity index (χ0v) is 21.2. The van der Waals surface area contributed by atoms with E-state index in [4.69, 9.17) is 15.6 Å². The zero-order valence-electron chi connectivity index (χ0n) is 21.2. The molecule has 2 fully saturated rings. The minimum absolute atomic E-state index is 0.00285. The van der Waals surface area contributed by atoms with Gasteiger partial charge in [-0.1, -0.05) is 24.3 Å².